The van der Waals surface area contributed by atoms with Crippen LogP contribution in [0, 0.1) is 6.92 Å². The second kappa shape index (κ2) is 7.71. The number of hydrogen-bond donors (Lipinski definition) is 1. The number of rotatable bonds is 5. The van der Waals surface area contributed by atoms with Gasteiger partial charge >= 0.3 is 0 Å². The van der Waals surface area contributed by atoms with Gasteiger partial charge in [0, 0.05) is 53.3 Å². The van der Waals surface area contributed by atoms with Gasteiger partial charge in [0.2, 0.25) is 0 Å². The van der Waals surface area contributed by atoms with E-state index < -0.39 is 0 Å². The van der Waals surface area contributed by atoms with Gasteiger partial charge in [-0.15, -0.1) is 0 Å². The van der Waals surface area contributed by atoms with Crippen LogP contribution in [0.15, 0.2) is 61.2 Å². The molecule has 1 atom stereocenters. The molecule has 0 bridgehead atoms. The van der Waals surface area contributed by atoms with Crippen LogP contribution in [0.3, 0.4) is 0 Å². The molecular formula is C24H24N6. The fraction of sp³-hybridized carbons (Fsp3) is 0.250. The average molecular weight is 396 g/mol. The lowest BCUT2D eigenvalue weighted by atomic mass is 10.1. The van der Waals surface area contributed by atoms with Crippen molar-refractivity contribution in [2.75, 3.05) is 5.32 Å². The van der Waals surface area contributed by atoms with Crippen LogP contribution < -0.4 is 5.32 Å². The van der Waals surface area contributed by atoms with Crippen LogP contribution in [0.5, 0.6) is 0 Å². The monoisotopic (exact) mass is 396 g/mol. The van der Waals surface area contributed by atoms with Gasteiger partial charge in [-0.2, -0.15) is 0 Å². The first-order valence-electron chi connectivity index (χ1n) is 10.4. The minimum atomic E-state index is 0.132. The smallest absolute Gasteiger partial charge is 0.161 e. The Morgan fingerprint density at radius 2 is 1.77 bits per heavy atom. The van der Waals surface area contributed by atoms with Gasteiger partial charge in [0.1, 0.15) is 11.6 Å². The molecular weight excluding hydrogens is 372 g/mol. The van der Waals surface area contributed by atoms with Gasteiger partial charge < -0.3 is 9.88 Å². The van der Waals surface area contributed by atoms with E-state index in [2.05, 4.69) is 51.0 Å². The van der Waals surface area contributed by atoms with E-state index in [-0.39, 0.29) is 6.04 Å². The molecule has 0 saturated carbocycles. The molecule has 1 aliphatic carbocycles. The number of nitrogens with zero attached hydrogens (tertiary/aromatic N) is 5. The molecule has 0 aliphatic heterocycles. The number of aryl methyl sites for hydroxylation is 2. The fourth-order valence-corrected chi connectivity index (χ4v) is 4.04. The van der Waals surface area contributed by atoms with Gasteiger partial charge in [0.15, 0.2) is 5.82 Å². The molecule has 5 rings (SSSR count). The topological polar surface area (TPSA) is 68.5 Å². The zero-order valence-corrected chi connectivity index (χ0v) is 17.2. The Hall–Kier alpha value is -3.54. The SMILES string of the molecule is Cc1nccn1-c1ccc([C@@H](C)Nc2nc(-c3ccncc3)nc3c2CCC3)cc1. The summed E-state index contributed by atoms with van der Waals surface area (Å²) in [5.41, 5.74) is 5.74. The molecule has 150 valence electrons. The molecule has 0 fully saturated rings. The summed E-state index contributed by atoms with van der Waals surface area (Å²) >= 11 is 0. The summed E-state index contributed by atoms with van der Waals surface area (Å²) in [6.07, 6.45) is 10.5. The maximum atomic E-state index is 4.89. The van der Waals surface area contributed by atoms with Crippen LogP contribution in [0.1, 0.15) is 42.0 Å². The van der Waals surface area contributed by atoms with Crippen LogP contribution in [-0.4, -0.2) is 24.5 Å². The van der Waals surface area contributed by atoms with Crippen LogP contribution >= 0.6 is 0 Å². The highest BCUT2D eigenvalue weighted by Gasteiger charge is 2.21. The van der Waals surface area contributed by atoms with Crippen molar-refractivity contribution in [3.8, 4) is 17.1 Å². The number of nitrogens with one attached hydrogen (secondary N) is 1. The predicted molar refractivity (Wildman–Crippen MR) is 118 cm³/mol. The molecule has 6 nitrogen and oxygen atoms in total. The van der Waals surface area contributed by atoms with Crippen LogP contribution in [0.25, 0.3) is 17.1 Å². The van der Waals surface area contributed by atoms with E-state index in [1.165, 1.54) is 11.1 Å². The minimum absolute atomic E-state index is 0.132. The molecule has 3 aromatic heterocycles. The molecule has 1 N–H and O–H groups in total. The van der Waals surface area contributed by atoms with Crippen molar-refractivity contribution in [1.82, 2.24) is 24.5 Å². The molecule has 1 aliphatic rings. The first kappa shape index (κ1) is 18.5. The lowest BCUT2D eigenvalue weighted by Crippen LogP contribution is -2.12. The lowest BCUT2D eigenvalue weighted by molar-refractivity contribution is 0.861. The second-order valence-corrected chi connectivity index (χ2v) is 7.71. The van der Waals surface area contributed by atoms with Crippen molar-refractivity contribution in [3.63, 3.8) is 0 Å². The van der Waals surface area contributed by atoms with Gasteiger partial charge in [-0.05, 0) is 62.9 Å². The number of imidazole rings is 1. The highest BCUT2D eigenvalue weighted by Crippen LogP contribution is 2.31. The third-order valence-electron chi connectivity index (χ3n) is 5.72. The second-order valence-electron chi connectivity index (χ2n) is 7.71. The zero-order chi connectivity index (χ0) is 20.5. The van der Waals surface area contributed by atoms with Crippen molar-refractivity contribution in [2.45, 2.75) is 39.2 Å². The number of pyridine rings is 1. The standard InChI is InChI=1S/C24H24N6/c1-16(18-6-8-20(9-7-18)30-15-14-26-17(30)2)27-24-21-4-3-5-22(21)28-23(29-24)19-10-12-25-13-11-19/h6-16H,3-5H2,1-2H3,(H,27,28,29)/t16-/m1/s1. The molecule has 30 heavy (non-hydrogen) atoms. The summed E-state index contributed by atoms with van der Waals surface area (Å²) < 4.78 is 2.08. The highest BCUT2D eigenvalue weighted by atomic mass is 15.1. The van der Waals surface area contributed by atoms with E-state index in [0.29, 0.717) is 0 Å². The first-order valence-corrected chi connectivity index (χ1v) is 10.4. The molecule has 6 heteroatoms. The highest BCUT2D eigenvalue weighted by molar-refractivity contribution is 5.60. The Bertz CT molecular complexity index is 1160. The Morgan fingerprint density at radius 1 is 0.967 bits per heavy atom. The first-order chi connectivity index (χ1) is 14.7. The summed E-state index contributed by atoms with van der Waals surface area (Å²) in [6, 6.07) is 12.6. The average Bonchev–Trinajstić information content (AvgIpc) is 3.43. The maximum absolute atomic E-state index is 4.89. The predicted octanol–water partition coefficient (Wildman–Crippen LogP) is 4.69. The lowest BCUT2D eigenvalue weighted by Gasteiger charge is -2.19. The Morgan fingerprint density at radius 3 is 2.50 bits per heavy atom. The van der Waals surface area contributed by atoms with Gasteiger partial charge in [-0.25, -0.2) is 15.0 Å². The van der Waals surface area contributed by atoms with Gasteiger partial charge in [0.25, 0.3) is 0 Å². The number of anilines is 1. The van der Waals surface area contributed by atoms with Crippen molar-refractivity contribution >= 4 is 5.82 Å². The molecule has 1 aromatic carbocycles. The van der Waals surface area contributed by atoms with Crippen molar-refractivity contribution < 1.29 is 0 Å². The third kappa shape index (κ3) is 3.45. The summed E-state index contributed by atoms with van der Waals surface area (Å²) in [5.74, 6) is 2.69. The third-order valence-corrected chi connectivity index (χ3v) is 5.72. The quantitative estimate of drug-likeness (QED) is 0.530. The molecule has 4 aromatic rings. The van der Waals surface area contributed by atoms with Crippen LogP contribution in [0.2, 0.25) is 0 Å². The molecule has 3 heterocycles. The van der Waals surface area contributed by atoms with Gasteiger partial charge in [-0.1, -0.05) is 12.1 Å². The van der Waals surface area contributed by atoms with Crippen LogP contribution in [0.4, 0.5) is 5.82 Å². The van der Waals surface area contributed by atoms with E-state index >= 15 is 0 Å². The van der Waals surface area contributed by atoms with E-state index in [0.717, 1.165) is 53.7 Å². The fourth-order valence-electron chi connectivity index (χ4n) is 4.04. The number of benzene rings is 1. The molecule has 0 saturated heterocycles. The van der Waals surface area contributed by atoms with Gasteiger partial charge in [0.05, 0.1) is 0 Å². The summed E-state index contributed by atoms with van der Waals surface area (Å²) in [7, 11) is 0. The van der Waals surface area contributed by atoms with E-state index in [1.807, 2.05) is 31.5 Å². The van der Waals surface area contributed by atoms with E-state index in [4.69, 9.17) is 9.97 Å². The van der Waals surface area contributed by atoms with Crippen molar-refractivity contribution in [2.24, 2.45) is 0 Å². The number of aromatic nitrogens is 5. The zero-order valence-electron chi connectivity index (χ0n) is 17.2. The largest absolute Gasteiger partial charge is 0.363 e. The van der Waals surface area contributed by atoms with E-state index in [9.17, 15) is 0 Å². The summed E-state index contributed by atoms with van der Waals surface area (Å²) in [5, 5.41) is 3.65. The van der Waals surface area contributed by atoms with Gasteiger partial charge in [-0.3, -0.25) is 4.98 Å². The van der Waals surface area contributed by atoms with Crippen LogP contribution in [-0.2, 0) is 12.8 Å². The Labute approximate surface area is 176 Å². The van der Waals surface area contributed by atoms with Crippen molar-refractivity contribution in [1.29, 1.82) is 0 Å². The molecule has 0 radical (unpaired) electrons. The summed E-state index contributed by atoms with van der Waals surface area (Å²) in [4.78, 5) is 18.1. The van der Waals surface area contributed by atoms with E-state index in [1.54, 1.807) is 12.4 Å². The number of fused-ring (bicyclic) bond motifs is 1. The number of hydrogen-bond acceptors (Lipinski definition) is 5. The maximum Gasteiger partial charge on any atom is 0.161 e. The summed E-state index contributed by atoms with van der Waals surface area (Å²) in [6.45, 7) is 4.18. The Balaban J connectivity index is 1.43. The molecule has 0 spiro atoms. The van der Waals surface area contributed by atoms with Crippen molar-refractivity contribution in [3.05, 3.63) is 83.8 Å². The molecule has 0 unspecified atom stereocenters. The Kier molecular flexibility index (Phi) is 4.75. The normalized spacial score (nSPS) is 13.8. The molecule has 0 amide bonds. The minimum Gasteiger partial charge on any atom is -0.363 e.